The second-order valence-corrected chi connectivity index (χ2v) is 4.72. The van der Waals surface area contributed by atoms with Crippen molar-refractivity contribution in [2.24, 2.45) is 11.0 Å². The van der Waals surface area contributed by atoms with E-state index in [9.17, 15) is 4.79 Å². The number of aromatic amines is 1. The molecule has 3 rings (SSSR count). The summed E-state index contributed by atoms with van der Waals surface area (Å²) in [6, 6.07) is 13.9. The molecule has 2 N–H and O–H groups in total. The maximum atomic E-state index is 11.9. The van der Waals surface area contributed by atoms with Crippen LogP contribution < -0.4 is 5.43 Å². The summed E-state index contributed by atoms with van der Waals surface area (Å²) in [5.74, 6) is 0.404. The lowest BCUT2D eigenvalue weighted by atomic mass is 10.1. The number of rotatable bonds is 4. The molecule has 0 unspecified atom stereocenters. The van der Waals surface area contributed by atoms with Crippen LogP contribution in [0.5, 0.6) is 0 Å². The van der Waals surface area contributed by atoms with E-state index in [2.05, 4.69) is 27.6 Å². The fraction of sp³-hybridized carbons (Fsp3) is 0.200. The molecular formula is C15H15N3O. The Bertz CT molecular complexity index is 575. The smallest absolute Gasteiger partial charge is 0.243 e. The highest BCUT2D eigenvalue weighted by Crippen LogP contribution is 2.47. The molecule has 1 aromatic carbocycles. The second-order valence-electron chi connectivity index (χ2n) is 4.72. The van der Waals surface area contributed by atoms with E-state index in [1.807, 2.05) is 36.5 Å². The van der Waals surface area contributed by atoms with Crippen molar-refractivity contribution < 1.29 is 4.79 Å². The summed E-state index contributed by atoms with van der Waals surface area (Å²) in [7, 11) is 0. The molecule has 96 valence electrons. The molecule has 0 spiro atoms. The van der Waals surface area contributed by atoms with Gasteiger partial charge >= 0.3 is 0 Å². The number of carbonyl (C=O) groups excluding carboxylic acids is 1. The van der Waals surface area contributed by atoms with Gasteiger partial charge in [-0.3, -0.25) is 4.79 Å². The number of carbonyl (C=O) groups is 1. The zero-order chi connectivity index (χ0) is 13.1. The molecule has 1 aliphatic rings. The Morgan fingerprint density at radius 2 is 2.11 bits per heavy atom. The van der Waals surface area contributed by atoms with Crippen LogP contribution in [-0.2, 0) is 4.79 Å². The summed E-state index contributed by atoms with van der Waals surface area (Å²) in [5.41, 5.74) is 4.70. The number of amides is 1. The van der Waals surface area contributed by atoms with Gasteiger partial charge in [-0.25, -0.2) is 5.43 Å². The standard InChI is InChI=1S/C15H15N3O/c19-15(18-17-10-12-7-4-8-16-12)14-9-13(14)11-5-2-1-3-6-11/h1-8,10,13-14,16H,9H2,(H,18,19)/b17-10+/t13-,14+/m0/s1. The van der Waals surface area contributed by atoms with Gasteiger partial charge in [0.15, 0.2) is 0 Å². The van der Waals surface area contributed by atoms with E-state index < -0.39 is 0 Å². The highest BCUT2D eigenvalue weighted by atomic mass is 16.2. The summed E-state index contributed by atoms with van der Waals surface area (Å²) in [4.78, 5) is 14.9. The van der Waals surface area contributed by atoms with E-state index in [0.717, 1.165) is 12.1 Å². The first-order valence-corrected chi connectivity index (χ1v) is 6.36. The number of benzene rings is 1. The molecule has 1 heterocycles. The average Bonchev–Trinajstić information content (AvgIpc) is 3.09. The number of hydrazone groups is 1. The highest BCUT2D eigenvalue weighted by molar-refractivity contribution is 5.84. The van der Waals surface area contributed by atoms with E-state index in [-0.39, 0.29) is 11.8 Å². The number of nitrogens with zero attached hydrogens (tertiary/aromatic N) is 1. The van der Waals surface area contributed by atoms with Gasteiger partial charge in [0.2, 0.25) is 5.91 Å². The largest absolute Gasteiger partial charge is 0.360 e. The summed E-state index contributed by atoms with van der Waals surface area (Å²) in [6.45, 7) is 0. The maximum absolute atomic E-state index is 11.9. The van der Waals surface area contributed by atoms with Gasteiger partial charge in [0.25, 0.3) is 0 Å². The lowest BCUT2D eigenvalue weighted by Gasteiger charge is -1.99. The van der Waals surface area contributed by atoms with Crippen LogP contribution in [0.2, 0.25) is 0 Å². The molecule has 1 fully saturated rings. The van der Waals surface area contributed by atoms with E-state index in [1.54, 1.807) is 6.21 Å². The fourth-order valence-electron chi connectivity index (χ4n) is 2.23. The molecule has 0 aliphatic heterocycles. The van der Waals surface area contributed by atoms with Crippen LogP contribution in [0.15, 0.2) is 53.8 Å². The number of hydrogen-bond donors (Lipinski definition) is 2. The normalized spacial score (nSPS) is 21.5. The first kappa shape index (κ1) is 11.7. The summed E-state index contributed by atoms with van der Waals surface area (Å²) in [5, 5.41) is 3.95. The van der Waals surface area contributed by atoms with Crippen molar-refractivity contribution in [1.82, 2.24) is 10.4 Å². The first-order chi connectivity index (χ1) is 9.34. The minimum Gasteiger partial charge on any atom is -0.360 e. The zero-order valence-electron chi connectivity index (χ0n) is 10.4. The molecule has 0 saturated heterocycles. The van der Waals surface area contributed by atoms with Crippen molar-refractivity contribution in [3.63, 3.8) is 0 Å². The molecule has 19 heavy (non-hydrogen) atoms. The summed E-state index contributed by atoms with van der Waals surface area (Å²) in [6.07, 6.45) is 4.33. The molecule has 0 radical (unpaired) electrons. The van der Waals surface area contributed by atoms with Gasteiger partial charge in [0.1, 0.15) is 0 Å². The van der Waals surface area contributed by atoms with Crippen LogP contribution in [0, 0.1) is 5.92 Å². The van der Waals surface area contributed by atoms with Crippen LogP contribution >= 0.6 is 0 Å². The number of nitrogens with one attached hydrogen (secondary N) is 2. The third-order valence-electron chi connectivity index (χ3n) is 3.36. The Balaban J connectivity index is 1.53. The molecule has 0 bridgehead atoms. The van der Waals surface area contributed by atoms with Gasteiger partial charge in [-0.05, 0) is 30.0 Å². The molecule has 1 aliphatic carbocycles. The van der Waals surface area contributed by atoms with Crippen LogP contribution in [-0.4, -0.2) is 17.1 Å². The van der Waals surface area contributed by atoms with E-state index in [1.165, 1.54) is 5.56 Å². The molecule has 4 heteroatoms. The number of H-pyrrole nitrogens is 1. The van der Waals surface area contributed by atoms with Crippen LogP contribution in [0.3, 0.4) is 0 Å². The van der Waals surface area contributed by atoms with Gasteiger partial charge in [-0.1, -0.05) is 30.3 Å². The second kappa shape index (κ2) is 5.10. The maximum Gasteiger partial charge on any atom is 0.243 e. The van der Waals surface area contributed by atoms with Crippen molar-refractivity contribution in [3.8, 4) is 0 Å². The zero-order valence-corrected chi connectivity index (χ0v) is 10.4. The monoisotopic (exact) mass is 253 g/mol. The SMILES string of the molecule is O=C(N/N=C/c1ccc[nH]1)[C@@H]1C[C@H]1c1ccccc1. The van der Waals surface area contributed by atoms with Crippen molar-refractivity contribution >= 4 is 12.1 Å². The van der Waals surface area contributed by atoms with E-state index in [0.29, 0.717) is 5.92 Å². The number of aromatic nitrogens is 1. The predicted octanol–water partition coefficient (Wildman–Crippen LogP) is 2.27. The molecule has 4 nitrogen and oxygen atoms in total. The lowest BCUT2D eigenvalue weighted by molar-refractivity contribution is -0.122. The van der Waals surface area contributed by atoms with Gasteiger partial charge < -0.3 is 4.98 Å². The Hall–Kier alpha value is -2.36. The Morgan fingerprint density at radius 3 is 2.84 bits per heavy atom. The summed E-state index contributed by atoms with van der Waals surface area (Å²) < 4.78 is 0. The fourth-order valence-corrected chi connectivity index (χ4v) is 2.23. The van der Waals surface area contributed by atoms with Crippen molar-refractivity contribution in [1.29, 1.82) is 0 Å². The molecule has 1 amide bonds. The minimum absolute atomic E-state index is 0.00309. The third kappa shape index (κ3) is 2.73. The lowest BCUT2D eigenvalue weighted by Crippen LogP contribution is -2.20. The molecular weight excluding hydrogens is 238 g/mol. The van der Waals surface area contributed by atoms with Gasteiger partial charge in [-0.15, -0.1) is 0 Å². The van der Waals surface area contributed by atoms with Gasteiger partial charge in [-0.2, -0.15) is 5.10 Å². The Kier molecular flexibility index (Phi) is 3.14. The minimum atomic E-state index is -0.00309. The first-order valence-electron chi connectivity index (χ1n) is 6.36. The van der Waals surface area contributed by atoms with E-state index >= 15 is 0 Å². The topological polar surface area (TPSA) is 57.2 Å². The quantitative estimate of drug-likeness (QED) is 0.637. The van der Waals surface area contributed by atoms with Crippen LogP contribution in [0.4, 0.5) is 0 Å². The number of hydrogen-bond acceptors (Lipinski definition) is 2. The molecule has 1 aromatic heterocycles. The summed E-state index contributed by atoms with van der Waals surface area (Å²) >= 11 is 0. The third-order valence-corrected chi connectivity index (χ3v) is 3.36. The van der Waals surface area contributed by atoms with E-state index in [4.69, 9.17) is 0 Å². The predicted molar refractivity (Wildman–Crippen MR) is 73.8 cm³/mol. The Morgan fingerprint density at radius 1 is 1.26 bits per heavy atom. The van der Waals surface area contributed by atoms with Crippen molar-refractivity contribution in [2.45, 2.75) is 12.3 Å². The van der Waals surface area contributed by atoms with Crippen molar-refractivity contribution in [3.05, 3.63) is 59.9 Å². The Labute approximate surface area is 111 Å². The van der Waals surface area contributed by atoms with Crippen molar-refractivity contribution in [2.75, 3.05) is 0 Å². The van der Waals surface area contributed by atoms with Crippen LogP contribution in [0.25, 0.3) is 0 Å². The highest BCUT2D eigenvalue weighted by Gasteiger charge is 2.43. The molecule has 2 aromatic rings. The van der Waals surface area contributed by atoms with Gasteiger partial charge in [0.05, 0.1) is 11.9 Å². The van der Waals surface area contributed by atoms with Gasteiger partial charge in [0, 0.05) is 12.1 Å². The van der Waals surface area contributed by atoms with Crippen LogP contribution in [0.1, 0.15) is 23.6 Å². The average molecular weight is 253 g/mol. The molecule has 1 saturated carbocycles. The molecule has 2 atom stereocenters.